The average Bonchev–Trinajstić information content (AvgIpc) is 3.03. The molecule has 0 N–H and O–H groups in total. The third-order valence-electron chi connectivity index (χ3n) is 4.36. The Bertz CT molecular complexity index is 1170. The van der Waals surface area contributed by atoms with E-state index in [1.54, 1.807) is 41.6 Å². The molecule has 0 aliphatic rings. The second kappa shape index (κ2) is 6.91. The van der Waals surface area contributed by atoms with Crippen molar-refractivity contribution in [2.45, 2.75) is 19.4 Å². The van der Waals surface area contributed by atoms with Crippen LogP contribution in [0.5, 0.6) is 0 Å². The van der Waals surface area contributed by atoms with Gasteiger partial charge < -0.3 is 0 Å². The molecule has 4 aromatic rings. The first-order valence-corrected chi connectivity index (χ1v) is 8.78. The minimum Gasteiger partial charge on any atom is -0.263 e. The lowest BCUT2D eigenvalue weighted by atomic mass is 10.0. The van der Waals surface area contributed by atoms with Crippen LogP contribution in [0.15, 0.2) is 55.1 Å². The van der Waals surface area contributed by atoms with Gasteiger partial charge in [0, 0.05) is 31.1 Å². The van der Waals surface area contributed by atoms with Crippen LogP contribution in [0, 0.1) is 5.82 Å². The summed E-state index contributed by atoms with van der Waals surface area (Å²) in [6.07, 6.45) is 6.40. The highest BCUT2D eigenvalue weighted by atomic mass is 35.5. The van der Waals surface area contributed by atoms with E-state index >= 15 is 0 Å². The summed E-state index contributed by atoms with van der Waals surface area (Å²) >= 11 is 5.98. The van der Waals surface area contributed by atoms with Crippen molar-refractivity contribution in [1.82, 2.24) is 19.7 Å². The molecule has 28 heavy (non-hydrogen) atoms. The zero-order valence-corrected chi connectivity index (χ0v) is 15.5. The van der Waals surface area contributed by atoms with Gasteiger partial charge in [0.15, 0.2) is 0 Å². The molecule has 0 saturated heterocycles. The quantitative estimate of drug-likeness (QED) is 0.456. The molecular weight excluding hydrogens is 389 g/mol. The van der Waals surface area contributed by atoms with Crippen molar-refractivity contribution in [3.63, 3.8) is 0 Å². The van der Waals surface area contributed by atoms with Crippen LogP contribution in [0.4, 0.5) is 13.2 Å². The molecule has 4 nitrogen and oxygen atoms in total. The second-order valence-electron chi connectivity index (χ2n) is 6.52. The van der Waals surface area contributed by atoms with Gasteiger partial charge in [-0.2, -0.15) is 5.10 Å². The van der Waals surface area contributed by atoms with Gasteiger partial charge in [0.2, 0.25) is 0 Å². The predicted octanol–water partition coefficient (Wildman–Crippen LogP) is 5.45. The van der Waals surface area contributed by atoms with E-state index in [-0.39, 0.29) is 0 Å². The van der Waals surface area contributed by atoms with Gasteiger partial charge in [-0.05, 0) is 35.4 Å². The molecule has 0 unspecified atom stereocenters. The molecule has 0 atom stereocenters. The number of hydrogen-bond acceptors (Lipinski definition) is 3. The molecule has 0 amide bonds. The van der Waals surface area contributed by atoms with Gasteiger partial charge in [0.1, 0.15) is 11.3 Å². The van der Waals surface area contributed by atoms with Gasteiger partial charge in [-0.25, -0.2) is 13.2 Å². The molecule has 0 radical (unpaired) electrons. The van der Waals surface area contributed by atoms with E-state index < -0.39 is 17.3 Å². The Morgan fingerprint density at radius 2 is 1.86 bits per heavy atom. The van der Waals surface area contributed by atoms with Crippen molar-refractivity contribution in [2.24, 2.45) is 0 Å². The molecule has 1 aromatic carbocycles. The van der Waals surface area contributed by atoms with E-state index in [1.807, 2.05) is 0 Å². The van der Waals surface area contributed by atoms with E-state index in [0.717, 1.165) is 17.7 Å². The molecule has 4 rings (SSSR count). The molecular formula is C20H14ClF3N4. The van der Waals surface area contributed by atoms with Crippen molar-refractivity contribution >= 4 is 22.6 Å². The number of halogens is 4. The first-order chi connectivity index (χ1) is 13.3. The van der Waals surface area contributed by atoms with Crippen LogP contribution in [0.3, 0.4) is 0 Å². The molecule has 0 aliphatic carbocycles. The molecule has 0 spiro atoms. The average molecular weight is 403 g/mol. The van der Waals surface area contributed by atoms with Crippen molar-refractivity contribution in [1.29, 1.82) is 0 Å². The summed E-state index contributed by atoms with van der Waals surface area (Å²) in [7, 11) is 0. The van der Waals surface area contributed by atoms with Crippen LogP contribution in [0.2, 0.25) is 5.02 Å². The second-order valence-corrected chi connectivity index (χ2v) is 6.96. The van der Waals surface area contributed by atoms with Gasteiger partial charge in [0.25, 0.3) is 5.92 Å². The summed E-state index contributed by atoms with van der Waals surface area (Å²) in [6, 6.07) is 7.23. The Balaban J connectivity index is 1.76. The van der Waals surface area contributed by atoms with E-state index in [0.29, 0.717) is 40.7 Å². The minimum atomic E-state index is -3.28. The Morgan fingerprint density at radius 1 is 1.04 bits per heavy atom. The third-order valence-corrected chi connectivity index (χ3v) is 4.57. The smallest absolute Gasteiger partial charge is 0.263 e. The van der Waals surface area contributed by atoms with Crippen molar-refractivity contribution in [3.8, 4) is 11.1 Å². The number of fused-ring (bicyclic) bond motifs is 1. The molecule has 3 heterocycles. The molecule has 0 bridgehead atoms. The fraction of sp³-hybridized carbons (Fsp3) is 0.150. The van der Waals surface area contributed by atoms with Crippen LogP contribution in [0.25, 0.3) is 22.2 Å². The van der Waals surface area contributed by atoms with Crippen LogP contribution < -0.4 is 0 Å². The molecule has 0 saturated carbocycles. The largest absolute Gasteiger partial charge is 0.273 e. The zero-order chi connectivity index (χ0) is 19.9. The summed E-state index contributed by atoms with van der Waals surface area (Å²) in [5.41, 5.74) is 2.61. The van der Waals surface area contributed by atoms with Crippen molar-refractivity contribution in [2.75, 3.05) is 0 Å². The Labute approximate surface area is 163 Å². The maximum Gasteiger partial charge on any atom is 0.273 e. The molecule has 0 aliphatic heterocycles. The highest BCUT2D eigenvalue weighted by Gasteiger charge is 2.28. The SMILES string of the molecule is CC(F)(F)c1cc(-c2cnc3cnn(Cc4cncc(Cl)c4)c3c2)ccc1F. The van der Waals surface area contributed by atoms with E-state index in [4.69, 9.17) is 11.6 Å². The lowest BCUT2D eigenvalue weighted by Gasteiger charge is -2.13. The topological polar surface area (TPSA) is 43.6 Å². The normalized spacial score (nSPS) is 11.9. The summed E-state index contributed by atoms with van der Waals surface area (Å²) in [4.78, 5) is 8.40. The standard InChI is InChI=1S/C20H14ClF3N4/c1-20(23,24)16-5-13(2-3-17(16)22)14-6-19-18(26-8-14)10-27-28(19)11-12-4-15(21)9-25-7-12/h2-10H,11H2,1H3. The maximum atomic E-state index is 13.8. The lowest BCUT2D eigenvalue weighted by molar-refractivity contribution is 0.0138. The van der Waals surface area contributed by atoms with Crippen LogP contribution in [0.1, 0.15) is 18.1 Å². The zero-order valence-electron chi connectivity index (χ0n) is 14.7. The predicted molar refractivity (Wildman–Crippen MR) is 101 cm³/mol. The highest BCUT2D eigenvalue weighted by Crippen LogP contribution is 2.33. The number of nitrogens with zero attached hydrogens (tertiary/aromatic N) is 4. The molecule has 0 fully saturated rings. The minimum absolute atomic E-state index is 0.421. The number of rotatable bonds is 4. The number of hydrogen-bond donors (Lipinski definition) is 0. The molecule has 142 valence electrons. The van der Waals surface area contributed by atoms with E-state index in [2.05, 4.69) is 15.1 Å². The van der Waals surface area contributed by atoms with Gasteiger partial charge in [0.05, 0.1) is 28.8 Å². The lowest BCUT2D eigenvalue weighted by Crippen LogP contribution is -2.10. The monoisotopic (exact) mass is 402 g/mol. The van der Waals surface area contributed by atoms with Gasteiger partial charge >= 0.3 is 0 Å². The van der Waals surface area contributed by atoms with E-state index in [9.17, 15) is 13.2 Å². The Kier molecular flexibility index (Phi) is 4.55. The number of benzene rings is 1. The van der Waals surface area contributed by atoms with Crippen LogP contribution in [-0.2, 0) is 12.5 Å². The number of alkyl halides is 2. The summed E-state index contributed by atoms with van der Waals surface area (Å²) in [5.74, 6) is -4.22. The van der Waals surface area contributed by atoms with Crippen molar-refractivity contribution < 1.29 is 13.2 Å². The summed E-state index contributed by atoms with van der Waals surface area (Å²) in [6.45, 7) is 1.09. The van der Waals surface area contributed by atoms with Gasteiger partial charge in [-0.15, -0.1) is 0 Å². The maximum absolute atomic E-state index is 13.8. The third kappa shape index (κ3) is 3.57. The number of aromatic nitrogens is 4. The highest BCUT2D eigenvalue weighted by molar-refractivity contribution is 6.30. The van der Waals surface area contributed by atoms with E-state index in [1.165, 1.54) is 6.07 Å². The van der Waals surface area contributed by atoms with Gasteiger partial charge in [-0.3, -0.25) is 14.6 Å². The van der Waals surface area contributed by atoms with Crippen molar-refractivity contribution in [3.05, 3.63) is 77.1 Å². The van der Waals surface area contributed by atoms with Crippen LogP contribution >= 0.6 is 11.6 Å². The fourth-order valence-corrected chi connectivity index (χ4v) is 3.19. The first-order valence-electron chi connectivity index (χ1n) is 8.40. The Hall–Kier alpha value is -2.93. The first kappa shape index (κ1) is 18.4. The Morgan fingerprint density at radius 3 is 2.61 bits per heavy atom. The number of pyridine rings is 2. The molecule has 3 aromatic heterocycles. The van der Waals surface area contributed by atoms with Crippen LogP contribution in [-0.4, -0.2) is 19.7 Å². The fourth-order valence-electron chi connectivity index (χ4n) is 3.00. The summed E-state index contributed by atoms with van der Waals surface area (Å²) in [5, 5.41) is 4.85. The van der Waals surface area contributed by atoms with Gasteiger partial charge in [-0.1, -0.05) is 17.7 Å². The summed E-state index contributed by atoms with van der Waals surface area (Å²) < 4.78 is 42.9. The molecule has 8 heteroatoms.